The smallest absolute Gasteiger partial charge is 0.263 e. The number of para-hydroxylation sites is 3. The first-order valence-corrected chi connectivity index (χ1v) is 10.4. The van der Waals surface area contributed by atoms with Crippen LogP contribution in [0.1, 0.15) is 51.5 Å². The fraction of sp³-hybridized carbons (Fsp3) is 0.417. The molecular formula is C24H29N3O. The summed E-state index contributed by atoms with van der Waals surface area (Å²) in [5.41, 5.74) is 3.00. The molecule has 1 aliphatic heterocycles. The molecule has 4 rings (SSSR count). The second-order valence-electron chi connectivity index (χ2n) is 7.96. The minimum atomic E-state index is 0.434. The molecule has 2 aromatic carbocycles. The fourth-order valence-electron chi connectivity index (χ4n) is 3.77. The molecule has 0 unspecified atom stereocenters. The molecule has 2 heterocycles. The van der Waals surface area contributed by atoms with E-state index in [2.05, 4.69) is 37.8 Å². The van der Waals surface area contributed by atoms with Gasteiger partial charge in [-0.15, -0.1) is 0 Å². The Morgan fingerprint density at radius 1 is 1.00 bits per heavy atom. The molecular weight excluding hydrogens is 346 g/mol. The Morgan fingerprint density at radius 3 is 2.36 bits per heavy atom. The highest BCUT2D eigenvalue weighted by Crippen LogP contribution is 2.36. The van der Waals surface area contributed by atoms with Crippen molar-refractivity contribution in [2.24, 2.45) is 5.92 Å². The van der Waals surface area contributed by atoms with Crippen molar-refractivity contribution < 1.29 is 4.74 Å². The Labute approximate surface area is 167 Å². The van der Waals surface area contributed by atoms with E-state index in [0.29, 0.717) is 11.8 Å². The summed E-state index contributed by atoms with van der Waals surface area (Å²) >= 11 is 0. The molecule has 1 saturated heterocycles. The van der Waals surface area contributed by atoms with E-state index in [9.17, 15) is 0 Å². The molecule has 0 spiro atoms. The van der Waals surface area contributed by atoms with Crippen molar-refractivity contribution in [3.05, 3.63) is 54.1 Å². The third-order valence-electron chi connectivity index (χ3n) is 5.87. The monoisotopic (exact) mass is 375 g/mol. The van der Waals surface area contributed by atoms with Gasteiger partial charge in [0, 0.05) is 13.1 Å². The van der Waals surface area contributed by atoms with Gasteiger partial charge in [0.1, 0.15) is 5.75 Å². The Kier molecular flexibility index (Phi) is 5.47. The number of aromatic nitrogens is 2. The zero-order valence-corrected chi connectivity index (χ0v) is 17.1. The molecule has 4 heteroatoms. The predicted octanol–water partition coefficient (Wildman–Crippen LogP) is 6.17. The van der Waals surface area contributed by atoms with Crippen LogP contribution in [0, 0.1) is 5.92 Å². The molecule has 28 heavy (non-hydrogen) atoms. The van der Waals surface area contributed by atoms with Crippen LogP contribution < -0.4 is 9.64 Å². The highest BCUT2D eigenvalue weighted by molar-refractivity contribution is 5.77. The van der Waals surface area contributed by atoms with Gasteiger partial charge in [-0.3, -0.25) is 0 Å². The summed E-state index contributed by atoms with van der Waals surface area (Å²) in [6.07, 6.45) is 3.43. The van der Waals surface area contributed by atoms with Gasteiger partial charge in [0.25, 0.3) is 5.88 Å². The second-order valence-corrected chi connectivity index (χ2v) is 7.96. The first-order valence-electron chi connectivity index (χ1n) is 10.4. The molecule has 1 aliphatic rings. The summed E-state index contributed by atoms with van der Waals surface area (Å²) in [6.45, 7) is 8.76. The molecule has 146 valence electrons. The van der Waals surface area contributed by atoms with Gasteiger partial charge >= 0.3 is 0 Å². The third kappa shape index (κ3) is 3.82. The number of anilines is 1. The Morgan fingerprint density at radius 2 is 1.64 bits per heavy atom. The van der Waals surface area contributed by atoms with E-state index in [4.69, 9.17) is 14.7 Å². The topological polar surface area (TPSA) is 38.3 Å². The van der Waals surface area contributed by atoms with Gasteiger partial charge in [-0.25, -0.2) is 9.97 Å². The lowest BCUT2D eigenvalue weighted by Gasteiger charge is -2.32. The number of ether oxygens (including phenoxy) is 1. The van der Waals surface area contributed by atoms with Crippen molar-refractivity contribution in [2.75, 3.05) is 18.0 Å². The SMILES string of the molecule is CC[C@@H](C)c1ccccc1Oc1nc2ccccc2nc1N1CCC(C)CC1. The van der Waals surface area contributed by atoms with Crippen LogP contribution in [0.15, 0.2) is 48.5 Å². The first kappa shape index (κ1) is 18.7. The van der Waals surface area contributed by atoms with Crippen molar-refractivity contribution in [3.63, 3.8) is 0 Å². The minimum Gasteiger partial charge on any atom is -0.436 e. The Bertz CT molecular complexity index is 947. The third-order valence-corrected chi connectivity index (χ3v) is 5.87. The molecule has 0 N–H and O–H groups in total. The zero-order valence-electron chi connectivity index (χ0n) is 17.1. The van der Waals surface area contributed by atoms with Gasteiger partial charge in [-0.2, -0.15) is 0 Å². The molecule has 3 aromatic rings. The van der Waals surface area contributed by atoms with Crippen LogP contribution in [0.3, 0.4) is 0 Å². The van der Waals surface area contributed by atoms with E-state index in [0.717, 1.165) is 48.0 Å². The van der Waals surface area contributed by atoms with E-state index in [1.807, 2.05) is 36.4 Å². The molecule has 0 saturated carbocycles. The fourth-order valence-corrected chi connectivity index (χ4v) is 3.77. The zero-order chi connectivity index (χ0) is 19.5. The van der Waals surface area contributed by atoms with Crippen LogP contribution in [-0.2, 0) is 0 Å². The summed E-state index contributed by atoms with van der Waals surface area (Å²) in [4.78, 5) is 12.2. The first-order chi connectivity index (χ1) is 13.7. The van der Waals surface area contributed by atoms with Crippen LogP contribution in [-0.4, -0.2) is 23.1 Å². The van der Waals surface area contributed by atoms with Gasteiger partial charge in [0.15, 0.2) is 5.82 Å². The number of benzene rings is 2. The quantitative estimate of drug-likeness (QED) is 0.534. The second kappa shape index (κ2) is 8.17. The highest BCUT2D eigenvalue weighted by atomic mass is 16.5. The van der Waals surface area contributed by atoms with E-state index in [1.165, 1.54) is 18.4 Å². The van der Waals surface area contributed by atoms with E-state index in [-0.39, 0.29) is 0 Å². The lowest BCUT2D eigenvalue weighted by Crippen LogP contribution is -2.33. The van der Waals surface area contributed by atoms with Crippen LogP contribution in [0.4, 0.5) is 5.82 Å². The number of nitrogens with zero attached hydrogens (tertiary/aromatic N) is 3. The average molecular weight is 376 g/mol. The number of fused-ring (bicyclic) bond motifs is 1. The predicted molar refractivity (Wildman–Crippen MR) is 115 cm³/mol. The maximum absolute atomic E-state index is 6.44. The van der Waals surface area contributed by atoms with Crippen molar-refractivity contribution in [2.45, 2.75) is 46.0 Å². The van der Waals surface area contributed by atoms with Crippen LogP contribution >= 0.6 is 0 Å². The van der Waals surface area contributed by atoms with Crippen molar-refractivity contribution >= 4 is 16.9 Å². The number of hydrogen-bond donors (Lipinski definition) is 0. The summed E-state index contributed by atoms with van der Waals surface area (Å²) in [6, 6.07) is 16.3. The van der Waals surface area contributed by atoms with E-state index >= 15 is 0 Å². The minimum absolute atomic E-state index is 0.434. The molecule has 0 radical (unpaired) electrons. The molecule has 1 atom stereocenters. The van der Waals surface area contributed by atoms with Crippen LogP contribution in [0.5, 0.6) is 11.6 Å². The summed E-state index contributed by atoms with van der Waals surface area (Å²) in [5, 5.41) is 0. The average Bonchev–Trinajstić information content (AvgIpc) is 2.74. The van der Waals surface area contributed by atoms with Gasteiger partial charge in [-0.1, -0.05) is 51.1 Å². The molecule has 1 fully saturated rings. The summed E-state index contributed by atoms with van der Waals surface area (Å²) < 4.78 is 6.44. The Balaban J connectivity index is 1.76. The normalized spacial score (nSPS) is 16.3. The van der Waals surface area contributed by atoms with Gasteiger partial charge < -0.3 is 9.64 Å². The molecule has 1 aromatic heterocycles. The lowest BCUT2D eigenvalue weighted by molar-refractivity contribution is 0.421. The maximum atomic E-state index is 6.44. The lowest BCUT2D eigenvalue weighted by atomic mass is 9.98. The van der Waals surface area contributed by atoms with Crippen molar-refractivity contribution in [1.82, 2.24) is 9.97 Å². The maximum Gasteiger partial charge on any atom is 0.263 e. The summed E-state index contributed by atoms with van der Waals surface area (Å²) in [7, 11) is 0. The standard InChI is InChI=1S/C24H29N3O/c1-4-18(3)19-9-5-8-12-22(19)28-24-23(27-15-13-17(2)14-16-27)25-20-10-6-7-11-21(20)26-24/h5-12,17-18H,4,13-16H2,1-3H3/t18-/m1/s1. The van der Waals surface area contributed by atoms with Crippen LogP contribution in [0.2, 0.25) is 0 Å². The van der Waals surface area contributed by atoms with Gasteiger partial charge in [0.2, 0.25) is 0 Å². The molecule has 0 aliphatic carbocycles. The largest absolute Gasteiger partial charge is 0.436 e. The van der Waals surface area contributed by atoms with Gasteiger partial charge in [0.05, 0.1) is 11.0 Å². The van der Waals surface area contributed by atoms with Crippen molar-refractivity contribution in [3.8, 4) is 11.6 Å². The molecule has 0 bridgehead atoms. The van der Waals surface area contributed by atoms with Crippen LogP contribution in [0.25, 0.3) is 11.0 Å². The number of hydrogen-bond acceptors (Lipinski definition) is 4. The summed E-state index contributed by atoms with van der Waals surface area (Å²) in [5.74, 6) is 3.56. The Hall–Kier alpha value is -2.62. The van der Waals surface area contributed by atoms with E-state index < -0.39 is 0 Å². The number of rotatable bonds is 5. The molecule has 0 amide bonds. The number of piperidine rings is 1. The van der Waals surface area contributed by atoms with Crippen molar-refractivity contribution in [1.29, 1.82) is 0 Å². The molecule has 4 nitrogen and oxygen atoms in total. The van der Waals surface area contributed by atoms with Gasteiger partial charge in [-0.05, 0) is 54.9 Å². The highest BCUT2D eigenvalue weighted by Gasteiger charge is 2.23. The van der Waals surface area contributed by atoms with E-state index in [1.54, 1.807) is 0 Å².